The van der Waals surface area contributed by atoms with E-state index in [1.54, 1.807) is 0 Å². The molecule has 1 aromatic heterocycles. The molecular weight excluding hydrogens is 727 g/mol. The monoisotopic (exact) mass is 765 g/mol. The Labute approximate surface area is 349 Å². The van der Waals surface area contributed by atoms with Crippen LogP contribution in [-0.4, -0.2) is 0 Å². The molecule has 0 bridgehead atoms. The second kappa shape index (κ2) is 15.1. The van der Waals surface area contributed by atoms with E-state index in [0.717, 1.165) is 50.1 Å². The summed E-state index contributed by atoms with van der Waals surface area (Å²) < 4.78 is 6.41. The molecule has 282 valence electrons. The highest BCUT2D eigenvalue weighted by Crippen LogP contribution is 2.40. The summed E-state index contributed by atoms with van der Waals surface area (Å²) in [7, 11) is 0. The van der Waals surface area contributed by atoms with E-state index in [-0.39, 0.29) is 0 Å². The summed E-state index contributed by atoms with van der Waals surface area (Å²) in [6.45, 7) is 0. The molecule has 2 heteroatoms. The summed E-state index contributed by atoms with van der Waals surface area (Å²) in [5, 5.41) is 4.78. The molecule has 1 heterocycles. The summed E-state index contributed by atoms with van der Waals surface area (Å²) in [6.07, 6.45) is 0. The smallest absolute Gasteiger partial charge is 0.143 e. The van der Waals surface area contributed by atoms with Gasteiger partial charge in [-0.05, 0) is 122 Å². The van der Waals surface area contributed by atoms with Crippen LogP contribution in [0.2, 0.25) is 0 Å². The second-order valence-corrected chi connectivity index (χ2v) is 15.3. The third-order valence-electron chi connectivity index (χ3n) is 11.7. The molecule has 0 amide bonds. The average molecular weight is 766 g/mol. The van der Waals surface area contributed by atoms with Crippen LogP contribution in [0.3, 0.4) is 0 Å². The highest BCUT2D eigenvalue weighted by atomic mass is 16.3. The molecule has 0 aliphatic carbocycles. The van der Waals surface area contributed by atoms with Gasteiger partial charge in [-0.1, -0.05) is 176 Å². The van der Waals surface area contributed by atoms with E-state index < -0.39 is 0 Å². The van der Waals surface area contributed by atoms with Gasteiger partial charge in [0.1, 0.15) is 11.2 Å². The number of para-hydroxylation sites is 2. The molecule has 0 spiro atoms. The molecule has 0 fully saturated rings. The van der Waals surface area contributed by atoms with Gasteiger partial charge in [-0.3, -0.25) is 0 Å². The lowest BCUT2D eigenvalue weighted by molar-refractivity contribution is 0.670. The number of fused-ring (bicyclic) bond motifs is 4. The van der Waals surface area contributed by atoms with Crippen LogP contribution in [0.1, 0.15) is 0 Å². The molecule has 0 saturated heterocycles. The van der Waals surface area contributed by atoms with Gasteiger partial charge in [-0.25, -0.2) is 0 Å². The number of benzene rings is 10. The molecule has 60 heavy (non-hydrogen) atoms. The highest BCUT2D eigenvalue weighted by molar-refractivity contribution is 6.09. The zero-order valence-corrected chi connectivity index (χ0v) is 32.9. The number of anilines is 3. The van der Waals surface area contributed by atoms with Gasteiger partial charge in [0.25, 0.3) is 0 Å². The third-order valence-corrected chi connectivity index (χ3v) is 11.7. The van der Waals surface area contributed by atoms with Gasteiger partial charge in [-0.2, -0.15) is 0 Å². The van der Waals surface area contributed by atoms with Crippen LogP contribution in [0.4, 0.5) is 17.1 Å². The van der Waals surface area contributed by atoms with Crippen LogP contribution in [0.5, 0.6) is 0 Å². The maximum Gasteiger partial charge on any atom is 0.143 e. The molecule has 0 N–H and O–H groups in total. The van der Waals surface area contributed by atoms with Crippen molar-refractivity contribution >= 4 is 49.8 Å². The predicted octanol–water partition coefficient (Wildman–Crippen LogP) is 16.5. The number of hydrogen-bond acceptors (Lipinski definition) is 2. The van der Waals surface area contributed by atoms with Crippen molar-refractivity contribution in [1.29, 1.82) is 0 Å². The van der Waals surface area contributed by atoms with E-state index in [4.69, 9.17) is 4.42 Å². The van der Waals surface area contributed by atoms with Crippen LogP contribution in [0.15, 0.2) is 241 Å². The van der Waals surface area contributed by atoms with Crippen molar-refractivity contribution in [2.45, 2.75) is 0 Å². The molecule has 0 unspecified atom stereocenters. The topological polar surface area (TPSA) is 16.4 Å². The molecule has 0 saturated carbocycles. The molecule has 0 aliphatic rings. The third kappa shape index (κ3) is 6.61. The molecule has 0 atom stereocenters. The van der Waals surface area contributed by atoms with Crippen molar-refractivity contribution in [3.8, 4) is 55.6 Å². The molecule has 10 aromatic carbocycles. The van der Waals surface area contributed by atoms with Crippen molar-refractivity contribution in [3.63, 3.8) is 0 Å². The molecular formula is C58H39NO. The maximum absolute atomic E-state index is 6.41. The Hall–Kier alpha value is -7.94. The fraction of sp³-hybridized carbons (Fsp3) is 0. The van der Waals surface area contributed by atoms with Gasteiger partial charge in [0.05, 0.1) is 0 Å². The Morgan fingerprint density at radius 3 is 1.35 bits per heavy atom. The van der Waals surface area contributed by atoms with Gasteiger partial charge < -0.3 is 9.32 Å². The van der Waals surface area contributed by atoms with Gasteiger partial charge in [0.15, 0.2) is 0 Å². The molecule has 2 nitrogen and oxygen atoms in total. The summed E-state index contributed by atoms with van der Waals surface area (Å²) in [5.74, 6) is 0. The second-order valence-electron chi connectivity index (χ2n) is 15.3. The first-order chi connectivity index (χ1) is 29.7. The summed E-state index contributed by atoms with van der Waals surface area (Å²) in [5.41, 5.74) is 16.8. The quantitative estimate of drug-likeness (QED) is 0.153. The first kappa shape index (κ1) is 35.2. The van der Waals surface area contributed by atoms with E-state index >= 15 is 0 Å². The van der Waals surface area contributed by atoms with E-state index in [0.29, 0.717) is 0 Å². The molecule has 11 rings (SSSR count). The summed E-state index contributed by atoms with van der Waals surface area (Å²) >= 11 is 0. The Morgan fingerprint density at radius 2 is 0.700 bits per heavy atom. The minimum absolute atomic E-state index is 0.906. The van der Waals surface area contributed by atoms with Gasteiger partial charge in [-0.15, -0.1) is 0 Å². The average Bonchev–Trinajstić information content (AvgIpc) is 3.72. The van der Waals surface area contributed by atoms with Crippen molar-refractivity contribution in [3.05, 3.63) is 237 Å². The summed E-state index contributed by atoms with van der Waals surface area (Å²) in [4.78, 5) is 2.33. The molecule has 0 aliphatic heterocycles. The lowest BCUT2D eigenvalue weighted by atomic mass is 9.95. The maximum atomic E-state index is 6.41. The van der Waals surface area contributed by atoms with Gasteiger partial charge in [0.2, 0.25) is 0 Å². The Balaban J connectivity index is 0.927. The Bertz CT molecular complexity index is 3290. The van der Waals surface area contributed by atoms with Crippen LogP contribution >= 0.6 is 0 Å². The standard InChI is InChI=1S/C58H39NO/c1-2-11-40(12-3-1)42-25-31-51(32-26-42)59(53-35-29-44(30-36-53)54-20-10-21-56-55-19-6-7-22-57(55)60-58(54)56)52-33-27-43(28-34-52)46-15-8-16-47(37-46)48-17-9-18-49(39-48)50-24-23-41-13-4-5-14-45(41)38-50/h1-39H. The first-order valence-corrected chi connectivity index (χ1v) is 20.5. The SMILES string of the molecule is c1ccc(-c2ccc(N(c3ccc(-c4cccc(-c5cccc(-c6ccc7ccccc7c6)c5)c4)cc3)c3ccc(-c4cccc5c4oc4ccccc45)cc3)cc2)cc1. The number of rotatable bonds is 8. The minimum atomic E-state index is 0.906. The first-order valence-electron chi connectivity index (χ1n) is 20.5. The lowest BCUT2D eigenvalue weighted by Gasteiger charge is -2.26. The van der Waals surface area contributed by atoms with Gasteiger partial charge >= 0.3 is 0 Å². The van der Waals surface area contributed by atoms with Crippen LogP contribution in [-0.2, 0) is 0 Å². The van der Waals surface area contributed by atoms with E-state index in [9.17, 15) is 0 Å². The van der Waals surface area contributed by atoms with Crippen LogP contribution < -0.4 is 4.90 Å². The van der Waals surface area contributed by atoms with E-state index in [2.05, 4.69) is 229 Å². The van der Waals surface area contributed by atoms with E-state index in [1.165, 1.54) is 55.3 Å². The fourth-order valence-corrected chi connectivity index (χ4v) is 8.57. The van der Waals surface area contributed by atoms with Crippen LogP contribution in [0.25, 0.3) is 88.3 Å². The largest absolute Gasteiger partial charge is 0.455 e. The number of hydrogen-bond donors (Lipinski definition) is 0. The number of nitrogens with zero attached hydrogens (tertiary/aromatic N) is 1. The van der Waals surface area contributed by atoms with E-state index in [1.807, 2.05) is 12.1 Å². The minimum Gasteiger partial charge on any atom is -0.455 e. The molecule has 0 radical (unpaired) electrons. The highest BCUT2D eigenvalue weighted by Gasteiger charge is 2.16. The molecule has 11 aromatic rings. The Morgan fingerprint density at radius 1 is 0.267 bits per heavy atom. The lowest BCUT2D eigenvalue weighted by Crippen LogP contribution is -2.09. The zero-order valence-electron chi connectivity index (χ0n) is 32.9. The Kier molecular flexibility index (Phi) is 8.87. The fourth-order valence-electron chi connectivity index (χ4n) is 8.57. The van der Waals surface area contributed by atoms with Crippen molar-refractivity contribution in [1.82, 2.24) is 0 Å². The van der Waals surface area contributed by atoms with Gasteiger partial charge in [0, 0.05) is 33.4 Å². The van der Waals surface area contributed by atoms with Crippen molar-refractivity contribution < 1.29 is 4.42 Å². The zero-order chi connectivity index (χ0) is 39.8. The van der Waals surface area contributed by atoms with Crippen molar-refractivity contribution in [2.24, 2.45) is 0 Å². The predicted molar refractivity (Wildman–Crippen MR) is 253 cm³/mol. The number of furan rings is 1. The summed E-state index contributed by atoms with van der Waals surface area (Å²) in [6, 6.07) is 84.8. The normalized spacial score (nSPS) is 11.3. The van der Waals surface area contributed by atoms with Crippen LogP contribution in [0, 0.1) is 0 Å². The van der Waals surface area contributed by atoms with Crippen molar-refractivity contribution in [2.75, 3.05) is 4.90 Å².